The molecule has 0 atom stereocenters. The van der Waals surface area contributed by atoms with Crippen molar-refractivity contribution < 1.29 is 0 Å². The predicted octanol–water partition coefficient (Wildman–Crippen LogP) is 2.46. The van der Waals surface area contributed by atoms with Crippen LogP contribution in [0.4, 0.5) is 5.82 Å². The number of rotatable bonds is 3. The molecule has 0 radical (unpaired) electrons. The van der Waals surface area contributed by atoms with E-state index in [-0.39, 0.29) is 5.54 Å². The highest BCUT2D eigenvalue weighted by atomic mass is 14.9. The smallest absolute Gasteiger partial charge is 0.124 e. The fourth-order valence-corrected chi connectivity index (χ4v) is 1.33. The number of allylic oxidation sites excluding steroid dienone is 1. The van der Waals surface area contributed by atoms with Gasteiger partial charge in [-0.15, -0.1) is 0 Å². The number of hydrogen-bond acceptors (Lipinski definition) is 3. The average molecular weight is 219 g/mol. The maximum atomic E-state index is 5.67. The summed E-state index contributed by atoms with van der Waals surface area (Å²) < 4.78 is 0. The van der Waals surface area contributed by atoms with Gasteiger partial charge in [0.2, 0.25) is 0 Å². The minimum atomic E-state index is 0.106. The maximum absolute atomic E-state index is 5.67. The monoisotopic (exact) mass is 219 g/mol. The third kappa shape index (κ3) is 4.03. The van der Waals surface area contributed by atoms with Gasteiger partial charge in [-0.05, 0) is 45.4 Å². The molecular weight excluding hydrogens is 198 g/mol. The van der Waals surface area contributed by atoms with Crippen molar-refractivity contribution in [3.8, 4) is 0 Å². The molecule has 0 aliphatic heterocycles. The third-order valence-electron chi connectivity index (χ3n) is 2.26. The number of nitrogen functional groups attached to an aromatic ring is 1. The predicted molar refractivity (Wildman–Crippen MR) is 70.1 cm³/mol. The second-order valence-corrected chi connectivity index (χ2v) is 4.87. The number of hydrogen-bond donors (Lipinski definition) is 2. The van der Waals surface area contributed by atoms with Crippen molar-refractivity contribution in [1.29, 1.82) is 0 Å². The van der Waals surface area contributed by atoms with Crippen LogP contribution in [0.1, 0.15) is 33.4 Å². The number of pyridine rings is 1. The molecule has 0 saturated carbocycles. The normalized spacial score (nSPS) is 12.9. The highest BCUT2D eigenvalue weighted by Gasteiger charge is 2.10. The van der Waals surface area contributed by atoms with Crippen LogP contribution in [0.2, 0.25) is 0 Å². The summed E-state index contributed by atoms with van der Waals surface area (Å²) in [5.74, 6) is 0.563. The molecule has 3 heteroatoms. The van der Waals surface area contributed by atoms with Crippen LogP contribution in [0.15, 0.2) is 24.3 Å². The van der Waals surface area contributed by atoms with Crippen LogP contribution >= 0.6 is 0 Å². The molecule has 88 valence electrons. The van der Waals surface area contributed by atoms with Gasteiger partial charge in [-0.1, -0.05) is 12.1 Å². The fourth-order valence-electron chi connectivity index (χ4n) is 1.33. The Balaban J connectivity index is 2.77. The number of nitrogens with two attached hydrogens (primary N) is 1. The van der Waals surface area contributed by atoms with Gasteiger partial charge < -0.3 is 11.1 Å². The quantitative estimate of drug-likeness (QED) is 0.821. The van der Waals surface area contributed by atoms with Gasteiger partial charge in [0, 0.05) is 12.1 Å². The Labute approximate surface area is 97.8 Å². The Bertz CT molecular complexity index is 375. The SMILES string of the molecule is C/C=C(/CNC(C)(C)C)c1cccc(N)n1. The molecule has 0 bridgehead atoms. The lowest BCUT2D eigenvalue weighted by atomic mass is 10.1. The first-order valence-electron chi connectivity index (χ1n) is 5.55. The highest BCUT2D eigenvalue weighted by Crippen LogP contribution is 2.13. The molecule has 3 nitrogen and oxygen atoms in total. The van der Waals surface area contributed by atoms with Gasteiger partial charge in [0.05, 0.1) is 5.69 Å². The lowest BCUT2D eigenvalue weighted by Crippen LogP contribution is -2.36. The van der Waals surface area contributed by atoms with Gasteiger partial charge in [0.15, 0.2) is 0 Å². The highest BCUT2D eigenvalue weighted by molar-refractivity contribution is 5.64. The Kier molecular flexibility index (Phi) is 4.07. The largest absolute Gasteiger partial charge is 0.384 e. The standard InChI is InChI=1S/C13H21N3/c1-5-10(9-15-13(2,3)4)11-7-6-8-12(14)16-11/h5-8,15H,9H2,1-4H3,(H2,14,16)/b10-5-. The maximum Gasteiger partial charge on any atom is 0.124 e. The zero-order valence-corrected chi connectivity index (χ0v) is 10.5. The Morgan fingerprint density at radius 2 is 2.12 bits per heavy atom. The average Bonchev–Trinajstić information content (AvgIpc) is 2.17. The number of nitrogens with zero attached hydrogens (tertiary/aromatic N) is 1. The van der Waals surface area contributed by atoms with E-state index in [0.29, 0.717) is 5.82 Å². The first kappa shape index (κ1) is 12.7. The van der Waals surface area contributed by atoms with Crippen molar-refractivity contribution >= 4 is 11.4 Å². The molecule has 3 N–H and O–H groups in total. The van der Waals surface area contributed by atoms with Crippen LogP contribution in [0.5, 0.6) is 0 Å². The van der Waals surface area contributed by atoms with Crippen molar-refractivity contribution in [3.05, 3.63) is 30.0 Å². The van der Waals surface area contributed by atoms with E-state index in [4.69, 9.17) is 5.73 Å². The van der Waals surface area contributed by atoms with E-state index in [1.54, 1.807) is 6.07 Å². The molecule has 16 heavy (non-hydrogen) atoms. The van der Waals surface area contributed by atoms with Crippen LogP contribution in [-0.4, -0.2) is 17.1 Å². The Morgan fingerprint density at radius 1 is 1.44 bits per heavy atom. The molecule has 1 aromatic rings. The molecule has 0 amide bonds. The minimum Gasteiger partial charge on any atom is -0.384 e. The van der Waals surface area contributed by atoms with Crippen molar-refractivity contribution in [3.63, 3.8) is 0 Å². The summed E-state index contributed by atoms with van der Waals surface area (Å²) in [6.45, 7) is 9.26. The Hall–Kier alpha value is -1.35. The van der Waals surface area contributed by atoms with E-state index in [1.807, 2.05) is 19.1 Å². The summed E-state index contributed by atoms with van der Waals surface area (Å²) in [5.41, 5.74) is 7.89. The fraction of sp³-hybridized carbons (Fsp3) is 0.462. The number of nitrogens with one attached hydrogen (secondary N) is 1. The Morgan fingerprint density at radius 3 is 2.62 bits per heavy atom. The molecule has 0 aliphatic rings. The van der Waals surface area contributed by atoms with Crippen molar-refractivity contribution in [2.75, 3.05) is 12.3 Å². The molecule has 0 unspecified atom stereocenters. The van der Waals surface area contributed by atoms with Crippen molar-refractivity contribution in [2.45, 2.75) is 33.2 Å². The molecule has 0 fully saturated rings. The van der Waals surface area contributed by atoms with Crippen LogP contribution < -0.4 is 11.1 Å². The first-order chi connectivity index (χ1) is 7.42. The van der Waals surface area contributed by atoms with Gasteiger partial charge in [0.1, 0.15) is 5.82 Å². The van der Waals surface area contributed by atoms with Crippen LogP contribution in [0, 0.1) is 0 Å². The van der Waals surface area contributed by atoms with Crippen molar-refractivity contribution in [1.82, 2.24) is 10.3 Å². The molecular formula is C13H21N3. The summed E-state index contributed by atoms with van der Waals surface area (Å²) in [6.07, 6.45) is 2.07. The molecule has 1 aromatic heterocycles. The lowest BCUT2D eigenvalue weighted by molar-refractivity contribution is 0.452. The second-order valence-electron chi connectivity index (χ2n) is 4.87. The third-order valence-corrected chi connectivity index (χ3v) is 2.26. The van der Waals surface area contributed by atoms with E-state index in [9.17, 15) is 0 Å². The van der Waals surface area contributed by atoms with E-state index >= 15 is 0 Å². The summed E-state index contributed by atoms with van der Waals surface area (Å²) in [7, 11) is 0. The van der Waals surface area contributed by atoms with E-state index < -0.39 is 0 Å². The van der Waals surface area contributed by atoms with Crippen LogP contribution in [0.25, 0.3) is 5.57 Å². The van der Waals surface area contributed by atoms with Crippen LogP contribution in [0.3, 0.4) is 0 Å². The van der Waals surface area contributed by atoms with Crippen molar-refractivity contribution in [2.24, 2.45) is 0 Å². The molecule has 1 heterocycles. The topological polar surface area (TPSA) is 50.9 Å². The first-order valence-corrected chi connectivity index (χ1v) is 5.55. The summed E-state index contributed by atoms with van der Waals surface area (Å²) in [4.78, 5) is 4.31. The van der Waals surface area contributed by atoms with Gasteiger partial charge in [-0.2, -0.15) is 0 Å². The summed E-state index contributed by atoms with van der Waals surface area (Å²) in [5, 5.41) is 3.44. The summed E-state index contributed by atoms with van der Waals surface area (Å²) in [6, 6.07) is 5.71. The molecule has 0 aliphatic carbocycles. The van der Waals surface area contributed by atoms with Gasteiger partial charge >= 0.3 is 0 Å². The van der Waals surface area contributed by atoms with Gasteiger partial charge in [-0.25, -0.2) is 4.98 Å². The minimum absolute atomic E-state index is 0.106. The van der Waals surface area contributed by atoms with E-state index in [0.717, 1.165) is 12.2 Å². The molecule has 1 rings (SSSR count). The zero-order chi connectivity index (χ0) is 12.2. The number of aromatic nitrogens is 1. The van der Waals surface area contributed by atoms with Crippen LogP contribution in [-0.2, 0) is 0 Å². The van der Waals surface area contributed by atoms with E-state index in [2.05, 4.69) is 37.1 Å². The van der Waals surface area contributed by atoms with Gasteiger partial charge in [-0.3, -0.25) is 0 Å². The van der Waals surface area contributed by atoms with Gasteiger partial charge in [0.25, 0.3) is 0 Å². The van der Waals surface area contributed by atoms with E-state index in [1.165, 1.54) is 5.57 Å². The second kappa shape index (κ2) is 5.12. The zero-order valence-electron chi connectivity index (χ0n) is 10.5. The molecule has 0 aromatic carbocycles. The number of anilines is 1. The lowest BCUT2D eigenvalue weighted by Gasteiger charge is -2.21. The molecule has 0 saturated heterocycles. The summed E-state index contributed by atoms with van der Waals surface area (Å²) >= 11 is 0. The molecule has 0 spiro atoms.